The van der Waals surface area contributed by atoms with Crippen LogP contribution in [0.1, 0.15) is 36.6 Å². The van der Waals surface area contributed by atoms with Gasteiger partial charge < -0.3 is 10.4 Å². The van der Waals surface area contributed by atoms with E-state index in [4.69, 9.17) is 0 Å². The first-order chi connectivity index (χ1) is 9.69. The van der Waals surface area contributed by atoms with Gasteiger partial charge in [0.15, 0.2) is 0 Å². The molecule has 0 heterocycles. The van der Waals surface area contributed by atoms with E-state index < -0.39 is 0 Å². The quantitative estimate of drug-likeness (QED) is 0.841. The number of rotatable bonds is 6. The van der Waals surface area contributed by atoms with Crippen LogP contribution in [0.4, 0.5) is 0 Å². The zero-order valence-corrected chi connectivity index (χ0v) is 12.2. The predicted octanol–water partition coefficient (Wildman–Crippen LogP) is 3.46. The van der Waals surface area contributed by atoms with Crippen molar-refractivity contribution in [3.8, 4) is 0 Å². The lowest BCUT2D eigenvalue weighted by molar-refractivity contribution is 0.281. The maximum absolute atomic E-state index is 9.17. The summed E-state index contributed by atoms with van der Waals surface area (Å²) < 4.78 is 0. The molecule has 0 aromatic heterocycles. The van der Waals surface area contributed by atoms with Crippen LogP contribution in [0.15, 0.2) is 54.6 Å². The Kier molecular flexibility index (Phi) is 5.33. The fraction of sp³-hybridized carbons (Fsp3) is 0.333. The Morgan fingerprint density at radius 2 is 1.65 bits per heavy atom. The van der Waals surface area contributed by atoms with Crippen molar-refractivity contribution in [1.29, 1.82) is 0 Å². The molecule has 0 radical (unpaired) electrons. The molecular weight excluding hydrogens is 246 g/mol. The van der Waals surface area contributed by atoms with E-state index in [2.05, 4.69) is 55.6 Å². The Balaban J connectivity index is 1.93. The van der Waals surface area contributed by atoms with Crippen molar-refractivity contribution < 1.29 is 5.11 Å². The van der Waals surface area contributed by atoms with Gasteiger partial charge in [-0.3, -0.25) is 0 Å². The van der Waals surface area contributed by atoms with Crippen LogP contribution < -0.4 is 5.32 Å². The first kappa shape index (κ1) is 14.8. The highest BCUT2D eigenvalue weighted by Crippen LogP contribution is 2.14. The van der Waals surface area contributed by atoms with Gasteiger partial charge in [0.1, 0.15) is 0 Å². The standard InChI is InChI=1S/C18H23NO/c1-14(11-16-7-6-8-17(12-16)13-20)19-15(2)18-9-4-3-5-10-18/h3-10,12,14-15,19-20H,11,13H2,1-2H3. The van der Waals surface area contributed by atoms with E-state index in [9.17, 15) is 5.11 Å². The molecule has 0 aliphatic heterocycles. The molecule has 2 unspecified atom stereocenters. The Morgan fingerprint density at radius 1 is 0.950 bits per heavy atom. The Bertz CT molecular complexity index is 524. The van der Waals surface area contributed by atoms with Crippen molar-refractivity contribution in [3.05, 3.63) is 71.3 Å². The molecule has 106 valence electrons. The summed E-state index contributed by atoms with van der Waals surface area (Å²) in [6, 6.07) is 19.4. The number of aliphatic hydroxyl groups excluding tert-OH is 1. The van der Waals surface area contributed by atoms with Crippen LogP contribution in [-0.2, 0) is 13.0 Å². The molecule has 2 rings (SSSR count). The second-order valence-corrected chi connectivity index (χ2v) is 5.38. The molecule has 0 saturated heterocycles. The molecule has 2 aromatic carbocycles. The average Bonchev–Trinajstić information content (AvgIpc) is 2.48. The van der Waals surface area contributed by atoms with Crippen LogP contribution in [0.5, 0.6) is 0 Å². The van der Waals surface area contributed by atoms with Gasteiger partial charge in [-0.15, -0.1) is 0 Å². The Labute approximate surface area is 121 Å². The molecular formula is C18H23NO. The fourth-order valence-corrected chi connectivity index (χ4v) is 2.53. The number of aliphatic hydroxyl groups is 1. The molecule has 2 aromatic rings. The molecule has 0 saturated carbocycles. The molecule has 2 N–H and O–H groups in total. The number of nitrogens with one attached hydrogen (secondary N) is 1. The van der Waals surface area contributed by atoms with E-state index in [1.807, 2.05) is 18.2 Å². The third-order valence-corrected chi connectivity index (χ3v) is 3.55. The van der Waals surface area contributed by atoms with Gasteiger partial charge in [0.25, 0.3) is 0 Å². The van der Waals surface area contributed by atoms with Crippen molar-refractivity contribution in [3.63, 3.8) is 0 Å². The summed E-state index contributed by atoms with van der Waals surface area (Å²) in [7, 11) is 0. The summed E-state index contributed by atoms with van der Waals surface area (Å²) in [5.41, 5.74) is 3.55. The van der Waals surface area contributed by atoms with Gasteiger partial charge in [0.2, 0.25) is 0 Å². The second-order valence-electron chi connectivity index (χ2n) is 5.38. The van der Waals surface area contributed by atoms with Gasteiger partial charge in [-0.05, 0) is 37.0 Å². The smallest absolute Gasteiger partial charge is 0.0681 e. The number of hydrogen-bond acceptors (Lipinski definition) is 2. The molecule has 2 nitrogen and oxygen atoms in total. The zero-order valence-electron chi connectivity index (χ0n) is 12.2. The highest BCUT2D eigenvalue weighted by Gasteiger charge is 2.09. The maximum atomic E-state index is 9.17. The van der Waals surface area contributed by atoms with E-state index in [1.165, 1.54) is 11.1 Å². The molecule has 2 heteroatoms. The van der Waals surface area contributed by atoms with Gasteiger partial charge in [-0.1, -0.05) is 54.6 Å². The van der Waals surface area contributed by atoms with Crippen molar-refractivity contribution in [2.45, 2.75) is 39.0 Å². The van der Waals surface area contributed by atoms with E-state index >= 15 is 0 Å². The predicted molar refractivity (Wildman–Crippen MR) is 83.5 cm³/mol. The van der Waals surface area contributed by atoms with Gasteiger partial charge in [-0.2, -0.15) is 0 Å². The van der Waals surface area contributed by atoms with Gasteiger partial charge in [0.05, 0.1) is 6.61 Å². The van der Waals surface area contributed by atoms with Crippen molar-refractivity contribution in [1.82, 2.24) is 5.32 Å². The Morgan fingerprint density at radius 3 is 2.35 bits per heavy atom. The van der Waals surface area contributed by atoms with Crippen LogP contribution in [0.3, 0.4) is 0 Å². The minimum Gasteiger partial charge on any atom is -0.392 e. The van der Waals surface area contributed by atoms with E-state index in [0.29, 0.717) is 12.1 Å². The molecule has 0 bridgehead atoms. The van der Waals surface area contributed by atoms with Gasteiger partial charge >= 0.3 is 0 Å². The normalized spacial score (nSPS) is 13.9. The van der Waals surface area contributed by atoms with E-state index in [0.717, 1.165) is 12.0 Å². The lowest BCUT2D eigenvalue weighted by Crippen LogP contribution is -2.30. The van der Waals surface area contributed by atoms with Gasteiger partial charge in [0, 0.05) is 12.1 Å². The average molecular weight is 269 g/mol. The number of hydrogen-bond donors (Lipinski definition) is 2. The molecule has 0 spiro atoms. The fourth-order valence-electron chi connectivity index (χ4n) is 2.53. The lowest BCUT2D eigenvalue weighted by atomic mass is 10.0. The molecule has 0 amide bonds. The van der Waals surface area contributed by atoms with Crippen molar-refractivity contribution >= 4 is 0 Å². The summed E-state index contributed by atoms with van der Waals surface area (Å²) in [5, 5.41) is 12.8. The monoisotopic (exact) mass is 269 g/mol. The molecule has 0 aliphatic rings. The molecule has 20 heavy (non-hydrogen) atoms. The molecule has 0 fully saturated rings. The summed E-state index contributed by atoms with van der Waals surface area (Å²) >= 11 is 0. The topological polar surface area (TPSA) is 32.3 Å². The molecule has 2 atom stereocenters. The van der Waals surface area contributed by atoms with Crippen LogP contribution in [0, 0.1) is 0 Å². The van der Waals surface area contributed by atoms with Gasteiger partial charge in [-0.25, -0.2) is 0 Å². The van der Waals surface area contributed by atoms with Crippen LogP contribution in [0.2, 0.25) is 0 Å². The minimum absolute atomic E-state index is 0.107. The molecule has 0 aliphatic carbocycles. The third kappa shape index (κ3) is 4.19. The summed E-state index contributed by atoms with van der Waals surface area (Å²) in [6.07, 6.45) is 0.963. The number of benzene rings is 2. The van der Waals surface area contributed by atoms with Crippen LogP contribution >= 0.6 is 0 Å². The minimum atomic E-state index is 0.107. The summed E-state index contributed by atoms with van der Waals surface area (Å²) in [6.45, 7) is 4.50. The lowest BCUT2D eigenvalue weighted by Gasteiger charge is -2.20. The van der Waals surface area contributed by atoms with E-state index in [1.54, 1.807) is 0 Å². The Hall–Kier alpha value is -1.64. The van der Waals surface area contributed by atoms with Crippen molar-refractivity contribution in [2.75, 3.05) is 0 Å². The summed E-state index contributed by atoms with van der Waals surface area (Å²) in [5.74, 6) is 0. The van der Waals surface area contributed by atoms with Crippen LogP contribution in [-0.4, -0.2) is 11.1 Å². The third-order valence-electron chi connectivity index (χ3n) is 3.55. The summed E-state index contributed by atoms with van der Waals surface area (Å²) in [4.78, 5) is 0. The first-order valence-electron chi connectivity index (χ1n) is 7.18. The largest absolute Gasteiger partial charge is 0.392 e. The highest BCUT2D eigenvalue weighted by molar-refractivity contribution is 5.24. The maximum Gasteiger partial charge on any atom is 0.0681 e. The first-order valence-corrected chi connectivity index (χ1v) is 7.18. The zero-order chi connectivity index (χ0) is 14.4. The van der Waals surface area contributed by atoms with Crippen molar-refractivity contribution in [2.24, 2.45) is 0 Å². The highest BCUT2D eigenvalue weighted by atomic mass is 16.3. The van der Waals surface area contributed by atoms with Crippen LogP contribution in [0.25, 0.3) is 0 Å². The second kappa shape index (κ2) is 7.22. The van der Waals surface area contributed by atoms with E-state index in [-0.39, 0.29) is 6.61 Å². The SMILES string of the molecule is CC(Cc1cccc(CO)c1)NC(C)c1ccccc1.